The molecule has 0 saturated carbocycles. The highest BCUT2D eigenvalue weighted by molar-refractivity contribution is 5.76. The SMILES string of the molecule is CC/C=C\C/C=C\C/C=C\C/C=C\C/C=C\C/C=C\CCCCCCCCCCCCC(=O)NC(COC1OC(CO)C(OC2OC(CO)C(O)C(O)C2O)C(O)C1O)C(O)/C=C/CCCCCCCCC. The maximum atomic E-state index is 13.2. The van der Waals surface area contributed by atoms with Gasteiger partial charge in [0.15, 0.2) is 12.6 Å². The van der Waals surface area contributed by atoms with Crippen LogP contribution in [0, 0.1) is 0 Å². The second kappa shape index (κ2) is 43.4. The molecule has 0 radical (unpaired) electrons. The lowest BCUT2D eigenvalue weighted by Gasteiger charge is -2.46. The van der Waals surface area contributed by atoms with E-state index in [4.69, 9.17) is 18.9 Å². The minimum Gasteiger partial charge on any atom is -0.394 e. The van der Waals surface area contributed by atoms with Crippen LogP contribution < -0.4 is 5.32 Å². The first kappa shape index (κ1) is 65.3. The average molecular weight is 1020 g/mol. The molecule has 0 aliphatic carbocycles. The standard InChI is InChI=1S/C58H99NO13/c1-3-5-7-9-11-13-14-15-16-17-18-19-20-21-22-23-24-25-26-27-28-29-30-31-32-34-36-38-40-42-50(63)59-46(47(62)41-39-37-35-33-12-10-8-6-4-2)45-69-57-55(68)53(66)56(49(44-61)71-57)72-58-54(67)52(65)51(64)48(43-60)70-58/h5,7,11,13,15-16,18-19,21-22,24-25,39,41,46-49,51-58,60-62,64-68H,3-4,6,8-10,12,14,17,20,23,26-38,40,42-45H2,1-2H3,(H,59,63)/b7-5-,13-11-,16-15-,19-18-,22-21-,25-24-,41-39+. The summed E-state index contributed by atoms with van der Waals surface area (Å²) in [5, 5.41) is 86.7. The Balaban J connectivity index is 1.69. The summed E-state index contributed by atoms with van der Waals surface area (Å²) >= 11 is 0. The van der Waals surface area contributed by atoms with E-state index in [2.05, 4.69) is 92.1 Å². The smallest absolute Gasteiger partial charge is 0.220 e. The van der Waals surface area contributed by atoms with E-state index in [1.165, 1.54) is 64.2 Å². The number of aliphatic hydroxyl groups excluding tert-OH is 8. The number of nitrogens with one attached hydrogen (secondary N) is 1. The first-order valence-corrected chi connectivity index (χ1v) is 27.8. The van der Waals surface area contributed by atoms with Gasteiger partial charge in [0.05, 0.1) is 32.0 Å². The van der Waals surface area contributed by atoms with Crippen LogP contribution in [-0.4, -0.2) is 140 Å². The van der Waals surface area contributed by atoms with Crippen LogP contribution in [0.15, 0.2) is 85.1 Å². The fourth-order valence-corrected chi connectivity index (χ4v) is 8.59. The van der Waals surface area contributed by atoms with Crippen molar-refractivity contribution in [2.45, 2.75) is 254 Å². The summed E-state index contributed by atoms with van der Waals surface area (Å²) in [5.74, 6) is -0.251. The fraction of sp³-hybridized carbons (Fsp3) is 0.741. The summed E-state index contributed by atoms with van der Waals surface area (Å²) in [6, 6.07) is -0.919. The van der Waals surface area contributed by atoms with Gasteiger partial charge in [-0.3, -0.25) is 4.79 Å². The third kappa shape index (κ3) is 29.3. The monoisotopic (exact) mass is 1020 g/mol. The number of rotatable bonds is 42. The third-order valence-corrected chi connectivity index (χ3v) is 13.1. The van der Waals surface area contributed by atoms with Crippen LogP contribution in [-0.2, 0) is 23.7 Å². The molecule has 72 heavy (non-hydrogen) atoms. The van der Waals surface area contributed by atoms with Gasteiger partial charge in [0.25, 0.3) is 0 Å². The van der Waals surface area contributed by atoms with E-state index in [0.29, 0.717) is 6.42 Å². The number of hydrogen-bond acceptors (Lipinski definition) is 13. The zero-order valence-electron chi connectivity index (χ0n) is 44.1. The van der Waals surface area contributed by atoms with Crippen molar-refractivity contribution in [3.8, 4) is 0 Å². The Labute approximate surface area is 433 Å². The van der Waals surface area contributed by atoms with E-state index in [9.17, 15) is 45.6 Å². The van der Waals surface area contributed by atoms with Crippen molar-refractivity contribution < 1.29 is 64.6 Å². The lowest BCUT2D eigenvalue weighted by molar-refractivity contribution is -0.359. The van der Waals surface area contributed by atoms with E-state index in [0.717, 1.165) is 89.9 Å². The minimum absolute atomic E-state index is 0.251. The van der Waals surface area contributed by atoms with Gasteiger partial charge >= 0.3 is 0 Å². The normalized spacial score (nSPS) is 26.2. The predicted molar refractivity (Wildman–Crippen MR) is 286 cm³/mol. The van der Waals surface area contributed by atoms with Gasteiger partial charge < -0.3 is 65.1 Å². The summed E-state index contributed by atoms with van der Waals surface area (Å²) in [5.41, 5.74) is 0. The molecular formula is C58H99NO13. The molecule has 14 heteroatoms. The molecule has 2 fully saturated rings. The molecule has 414 valence electrons. The van der Waals surface area contributed by atoms with Crippen molar-refractivity contribution in [2.24, 2.45) is 0 Å². The highest BCUT2D eigenvalue weighted by Crippen LogP contribution is 2.30. The summed E-state index contributed by atoms with van der Waals surface area (Å²) < 4.78 is 22.7. The van der Waals surface area contributed by atoms with Crippen LogP contribution in [0.5, 0.6) is 0 Å². The summed E-state index contributed by atoms with van der Waals surface area (Å²) in [6.45, 7) is 2.62. The molecule has 2 aliphatic rings. The maximum Gasteiger partial charge on any atom is 0.220 e. The fourth-order valence-electron chi connectivity index (χ4n) is 8.59. The molecule has 2 heterocycles. The third-order valence-electron chi connectivity index (χ3n) is 13.1. The van der Waals surface area contributed by atoms with Crippen molar-refractivity contribution in [2.75, 3.05) is 19.8 Å². The molecule has 2 rings (SSSR count). The molecule has 12 atom stereocenters. The van der Waals surface area contributed by atoms with Crippen LogP contribution in [0.25, 0.3) is 0 Å². The Hall–Kier alpha value is -2.83. The largest absolute Gasteiger partial charge is 0.394 e. The highest BCUT2D eigenvalue weighted by Gasteiger charge is 2.51. The number of unbranched alkanes of at least 4 members (excludes halogenated alkanes) is 17. The first-order valence-electron chi connectivity index (χ1n) is 27.8. The van der Waals surface area contributed by atoms with E-state index >= 15 is 0 Å². The zero-order valence-corrected chi connectivity index (χ0v) is 44.1. The van der Waals surface area contributed by atoms with Crippen molar-refractivity contribution in [3.63, 3.8) is 0 Å². The van der Waals surface area contributed by atoms with E-state index in [1.807, 2.05) is 6.08 Å². The predicted octanol–water partition coefficient (Wildman–Crippen LogP) is 8.55. The molecule has 0 spiro atoms. The summed E-state index contributed by atoms with van der Waals surface area (Å²) in [7, 11) is 0. The molecule has 0 bridgehead atoms. The van der Waals surface area contributed by atoms with Crippen LogP contribution in [0.2, 0.25) is 0 Å². The summed E-state index contributed by atoms with van der Waals surface area (Å²) in [6.07, 6.45) is 40.7. The number of carbonyl (C=O) groups excluding carboxylic acids is 1. The minimum atomic E-state index is -1.79. The van der Waals surface area contributed by atoms with Gasteiger partial charge in [-0.1, -0.05) is 189 Å². The van der Waals surface area contributed by atoms with Gasteiger partial charge in [0, 0.05) is 6.42 Å². The van der Waals surface area contributed by atoms with Crippen LogP contribution in [0.4, 0.5) is 0 Å². The van der Waals surface area contributed by atoms with Gasteiger partial charge in [-0.05, 0) is 70.6 Å². The van der Waals surface area contributed by atoms with Crippen molar-refractivity contribution in [3.05, 3.63) is 85.1 Å². The van der Waals surface area contributed by atoms with E-state index < -0.39 is 86.8 Å². The second-order valence-corrected chi connectivity index (χ2v) is 19.3. The zero-order chi connectivity index (χ0) is 52.4. The topological polar surface area (TPSA) is 228 Å². The average Bonchev–Trinajstić information content (AvgIpc) is 3.38. The molecule has 2 aliphatic heterocycles. The number of ether oxygens (including phenoxy) is 4. The van der Waals surface area contributed by atoms with Crippen molar-refractivity contribution in [1.82, 2.24) is 5.32 Å². The van der Waals surface area contributed by atoms with Gasteiger partial charge in [-0.25, -0.2) is 0 Å². The van der Waals surface area contributed by atoms with Crippen molar-refractivity contribution >= 4 is 5.91 Å². The molecule has 14 nitrogen and oxygen atoms in total. The molecule has 2 saturated heterocycles. The lowest BCUT2D eigenvalue weighted by Crippen LogP contribution is -2.65. The Morgan fingerprint density at radius 1 is 0.514 bits per heavy atom. The molecule has 12 unspecified atom stereocenters. The van der Waals surface area contributed by atoms with Gasteiger partial charge in [-0.2, -0.15) is 0 Å². The Bertz CT molecular complexity index is 1530. The maximum absolute atomic E-state index is 13.2. The molecule has 0 aromatic carbocycles. The first-order chi connectivity index (χ1) is 35.1. The number of carbonyl (C=O) groups is 1. The molecule has 0 aromatic heterocycles. The van der Waals surface area contributed by atoms with Crippen LogP contribution >= 0.6 is 0 Å². The highest BCUT2D eigenvalue weighted by atomic mass is 16.7. The number of aliphatic hydroxyl groups is 8. The Morgan fingerprint density at radius 2 is 0.958 bits per heavy atom. The van der Waals surface area contributed by atoms with Gasteiger partial charge in [0.2, 0.25) is 5.91 Å². The molecule has 1 amide bonds. The van der Waals surface area contributed by atoms with Gasteiger partial charge in [-0.15, -0.1) is 0 Å². The Morgan fingerprint density at radius 3 is 1.47 bits per heavy atom. The number of hydrogen-bond donors (Lipinski definition) is 9. The molecule has 9 N–H and O–H groups in total. The van der Waals surface area contributed by atoms with Gasteiger partial charge in [0.1, 0.15) is 48.8 Å². The second-order valence-electron chi connectivity index (χ2n) is 19.3. The summed E-state index contributed by atoms with van der Waals surface area (Å²) in [4.78, 5) is 13.2. The van der Waals surface area contributed by atoms with E-state index in [-0.39, 0.29) is 18.9 Å². The molecular weight excluding hydrogens is 919 g/mol. The van der Waals surface area contributed by atoms with Crippen LogP contribution in [0.1, 0.15) is 181 Å². The quantitative estimate of drug-likeness (QED) is 0.0207. The Kier molecular flexibility index (Phi) is 39.4. The number of amides is 1. The number of allylic oxidation sites excluding steroid dienone is 13. The van der Waals surface area contributed by atoms with E-state index in [1.54, 1.807) is 6.08 Å². The van der Waals surface area contributed by atoms with Crippen LogP contribution in [0.3, 0.4) is 0 Å². The molecule has 0 aromatic rings. The van der Waals surface area contributed by atoms with Crippen molar-refractivity contribution in [1.29, 1.82) is 0 Å². The lowest BCUT2D eigenvalue weighted by atomic mass is 9.97.